The number of amides is 1. The number of fused-ring (bicyclic) bond motifs is 1. The third-order valence-corrected chi connectivity index (χ3v) is 8.32. The van der Waals surface area contributed by atoms with Crippen LogP contribution in [0.5, 0.6) is 0 Å². The molecule has 1 saturated heterocycles. The average molecular weight is 591 g/mol. The molecule has 0 aliphatic carbocycles. The summed E-state index contributed by atoms with van der Waals surface area (Å²) in [6, 6.07) is 28.6. The topological polar surface area (TPSA) is 85.3 Å². The van der Waals surface area contributed by atoms with Gasteiger partial charge in [-0.05, 0) is 58.9 Å². The second-order valence-corrected chi connectivity index (χ2v) is 11.0. The molecule has 44 heavy (non-hydrogen) atoms. The van der Waals surface area contributed by atoms with Crippen LogP contribution >= 0.6 is 0 Å². The first-order chi connectivity index (χ1) is 21.5. The molecule has 222 valence electrons. The van der Waals surface area contributed by atoms with E-state index < -0.39 is 11.8 Å². The summed E-state index contributed by atoms with van der Waals surface area (Å²) in [5, 5.41) is 0. The van der Waals surface area contributed by atoms with Crippen LogP contribution in [0.25, 0.3) is 0 Å². The number of hydrogen-bond acceptors (Lipinski definition) is 6. The minimum Gasteiger partial charge on any atom is -0.467 e. The number of carbonyl (C=O) groups excluding carboxylic acids is 3. The van der Waals surface area contributed by atoms with Crippen LogP contribution in [0, 0.1) is 5.82 Å². The highest BCUT2D eigenvalue weighted by atomic mass is 19.1. The zero-order valence-electron chi connectivity index (χ0n) is 24.0. The molecule has 0 aromatic heterocycles. The molecule has 3 unspecified atom stereocenters. The van der Waals surface area contributed by atoms with E-state index in [1.165, 1.54) is 12.1 Å². The Bertz CT molecular complexity index is 1670. The minimum atomic E-state index is -0.658. The molecule has 4 aromatic rings. The summed E-state index contributed by atoms with van der Waals surface area (Å²) in [6.45, 7) is 1.25. The molecular formula is C36H31FN2O5. The average Bonchev–Trinajstić information content (AvgIpc) is 3.56. The molecular weight excluding hydrogens is 559 g/mol. The normalized spacial score (nSPS) is 18.0. The standard InChI is InChI=1S/C36H31FN2O5/c37-28-17-15-25(16-18-28)30-20-38-32-9-4-8-29(34(32)35(30)41)31(22-43-23-40)26-11-13-27(14-12-26)33-10-5-19-39(33)36(42)44-21-24-6-2-1-3-7-24/h1-4,6-9,11-18,20,23,30-31,33H,5,10,19,21-22H2. The Labute approximate surface area is 255 Å². The number of Topliss-reactive ketones (excluding diaryl/α,β-unsaturated/α-hetero) is 1. The minimum absolute atomic E-state index is 0.0267. The number of carbonyl (C=O) groups is 3. The maximum absolute atomic E-state index is 13.9. The van der Waals surface area contributed by atoms with E-state index in [9.17, 15) is 18.8 Å². The fourth-order valence-corrected chi connectivity index (χ4v) is 6.10. The lowest BCUT2D eigenvalue weighted by molar-refractivity contribution is -0.128. The Morgan fingerprint density at radius 3 is 2.45 bits per heavy atom. The molecule has 7 nitrogen and oxygen atoms in total. The molecule has 0 N–H and O–H groups in total. The van der Waals surface area contributed by atoms with Gasteiger partial charge in [0.25, 0.3) is 6.47 Å². The first-order valence-electron chi connectivity index (χ1n) is 14.6. The quantitative estimate of drug-likeness (QED) is 0.191. The number of rotatable bonds is 9. The molecule has 4 aromatic carbocycles. The van der Waals surface area contributed by atoms with Crippen molar-refractivity contribution in [2.45, 2.75) is 37.3 Å². The van der Waals surface area contributed by atoms with Crippen LogP contribution in [0.15, 0.2) is 102 Å². The molecule has 2 heterocycles. The van der Waals surface area contributed by atoms with E-state index in [-0.39, 0.29) is 36.9 Å². The lowest BCUT2D eigenvalue weighted by Crippen LogP contribution is -2.31. The molecule has 0 spiro atoms. The number of likely N-dealkylation sites (tertiary alicyclic amines) is 1. The lowest BCUT2D eigenvalue weighted by Gasteiger charge is -2.26. The van der Waals surface area contributed by atoms with Crippen LogP contribution in [-0.4, -0.2) is 42.6 Å². The predicted molar refractivity (Wildman–Crippen MR) is 164 cm³/mol. The van der Waals surface area contributed by atoms with E-state index in [1.807, 2.05) is 66.7 Å². The second kappa shape index (κ2) is 13.0. The second-order valence-electron chi connectivity index (χ2n) is 11.0. The summed E-state index contributed by atoms with van der Waals surface area (Å²) < 4.78 is 24.4. The van der Waals surface area contributed by atoms with E-state index in [0.717, 1.165) is 29.5 Å². The van der Waals surface area contributed by atoms with Gasteiger partial charge in [-0.1, -0.05) is 78.9 Å². The van der Waals surface area contributed by atoms with E-state index in [2.05, 4.69) is 4.99 Å². The van der Waals surface area contributed by atoms with E-state index >= 15 is 0 Å². The van der Waals surface area contributed by atoms with Crippen molar-refractivity contribution in [1.82, 2.24) is 4.90 Å². The SMILES string of the molecule is O=COCC(c1ccc(C2CCCN2C(=O)OCc2ccccc2)cc1)c1cccc2c1C(=O)C(c1ccc(F)cc1)C=N2. The maximum atomic E-state index is 13.9. The van der Waals surface area contributed by atoms with Gasteiger partial charge in [-0.3, -0.25) is 14.6 Å². The van der Waals surface area contributed by atoms with Crippen LogP contribution in [0.2, 0.25) is 0 Å². The predicted octanol–water partition coefficient (Wildman–Crippen LogP) is 7.29. The third-order valence-electron chi connectivity index (χ3n) is 8.32. The number of aliphatic imine (C=N–C) groups is 1. The zero-order valence-corrected chi connectivity index (χ0v) is 24.0. The number of benzene rings is 4. The van der Waals surface area contributed by atoms with E-state index in [0.29, 0.717) is 35.4 Å². The highest BCUT2D eigenvalue weighted by molar-refractivity contribution is 6.16. The molecule has 0 bridgehead atoms. The van der Waals surface area contributed by atoms with Crippen molar-refractivity contribution in [1.29, 1.82) is 0 Å². The molecule has 2 aliphatic heterocycles. The summed E-state index contributed by atoms with van der Waals surface area (Å²) >= 11 is 0. The number of hydrogen-bond donors (Lipinski definition) is 0. The molecule has 1 amide bonds. The Morgan fingerprint density at radius 2 is 1.70 bits per heavy atom. The van der Waals surface area contributed by atoms with Gasteiger partial charge in [-0.25, -0.2) is 9.18 Å². The number of ketones is 1. The van der Waals surface area contributed by atoms with Gasteiger partial charge in [0.05, 0.1) is 17.6 Å². The van der Waals surface area contributed by atoms with Crippen molar-refractivity contribution in [3.05, 3.63) is 136 Å². The zero-order chi connectivity index (χ0) is 30.5. The van der Waals surface area contributed by atoms with Crippen LogP contribution < -0.4 is 0 Å². The van der Waals surface area contributed by atoms with Crippen LogP contribution in [0.4, 0.5) is 14.9 Å². The Kier molecular flexibility index (Phi) is 8.59. The first kappa shape index (κ1) is 29.0. The van der Waals surface area contributed by atoms with Crippen molar-refractivity contribution in [2.75, 3.05) is 13.2 Å². The van der Waals surface area contributed by atoms with Crippen molar-refractivity contribution in [3.63, 3.8) is 0 Å². The van der Waals surface area contributed by atoms with Gasteiger partial charge < -0.3 is 14.4 Å². The monoisotopic (exact) mass is 590 g/mol. The summed E-state index contributed by atoms with van der Waals surface area (Å²) in [5.74, 6) is -1.63. The largest absolute Gasteiger partial charge is 0.467 e. The van der Waals surface area contributed by atoms with Crippen LogP contribution in [-0.2, 0) is 20.9 Å². The Balaban J connectivity index is 1.25. The highest BCUT2D eigenvalue weighted by Gasteiger charge is 2.33. The molecule has 3 atom stereocenters. The third kappa shape index (κ3) is 6.01. The van der Waals surface area contributed by atoms with Crippen molar-refractivity contribution >= 4 is 30.3 Å². The fourth-order valence-electron chi connectivity index (χ4n) is 6.10. The highest BCUT2D eigenvalue weighted by Crippen LogP contribution is 2.39. The molecule has 2 aliphatic rings. The fraction of sp³-hybridized carbons (Fsp3) is 0.222. The van der Waals surface area contributed by atoms with Gasteiger partial charge in [0.2, 0.25) is 0 Å². The number of ether oxygens (including phenoxy) is 2. The van der Waals surface area contributed by atoms with Gasteiger partial charge in [0.1, 0.15) is 19.0 Å². The van der Waals surface area contributed by atoms with Gasteiger partial charge >= 0.3 is 6.09 Å². The molecule has 1 fully saturated rings. The molecule has 0 saturated carbocycles. The number of nitrogens with zero attached hydrogens (tertiary/aromatic N) is 2. The summed E-state index contributed by atoms with van der Waals surface area (Å²) in [7, 11) is 0. The summed E-state index contributed by atoms with van der Waals surface area (Å²) in [4.78, 5) is 44.5. The van der Waals surface area contributed by atoms with Crippen LogP contribution in [0.3, 0.4) is 0 Å². The van der Waals surface area contributed by atoms with Gasteiger partial charge in [0, 0.05) is 24.2 Å². The van der Waals surface area contributed by atoms with Gasteiger partial charge in [-0.15, -0.1) is 0 Å². The smallest absolute Gasteiger partial charge is 0.410 e. The Morgan fingerprint density at radius 1 is 0.955 bits per heavy atom. The van der Waals surface area contributed by atoms with Gasteiger partial charge in [-0.2, -0.15) is 0 Å². The van der Waals surface area contributed by atoms with Crippen molar-refractivity contribution < 1.29 is 28.2 Å². The summed E-state index contributed by atoms with van der Waals surface area (Å²) in [5.41, 5.74) is 5.09. The molecule has 6 rings (SSSR count). The summed E-state index contributed by atoms with van der Waals surface area (Å²) in [6.07, 6.45) is 2.94. The van der Waals surface area contributed by atoms with E-state index in [1.54, 1.807) is 29.3 Å². The van der Waals surface area contributed by atoms with Gasteiger partial charge in [0.15, 0.2) is 5.78 Å². The Hall–Kier alpha value is -5.11. The molecule has 8 heteroatoms. The number of halogens is 1. The van der Waals surface area contributed by atoms with Crippen molar-refractivity contribution in [3.8, 4) is 0 Å². The molecule has 0 radical (unpaired) electrons. The maximum Gasteiger partial charge on any atom is 0.410 e. The van der Waals surface area contributed by atoms with Crippen molar-refractivity contribution in [2.24, 2.45) is 4.99 Å². The van der Waals surface area contributed by atoms with E-state index in [4.69, 9.17) is 9.47 Å². The van der Waals surface area contributed by atoms with Crippen LogP contribution in [0.1, 0.15) is 68.9 Å². The lowest BCUT2D eigenvalue weighted by atomic mass is 9.81. The first-order valence-corrected chi connectivity index (χ1v) is 14.6.